The molecule has 3 N–H and O–H groups in total. The van der Waals surface area contributed by atoms with E-state index in [1.807, 2.05) is 20.8 Å². The maximum atomic E-state index is 11.6. The number of amides is 2. The van der Waals surface area contributed by atoms with Crippen molar-refractivity contribution in [2.45, 2.75) is 45.3 Å². The topological polar surface area (TPSA) is 117 Å². The quantitative estimate of drug-likeness (QED) is 0.637. The first kappa shape index (κ1) is 15.9. The molecule has 0 bridgehead atoms. The minimum Gasteiger partial charge on any atom is -0.477 e. The molecule has 1 aliphatic rings. The van der Waals surface area contributed by atoms with Gasteiger partial charge < -0.3 is 20.6 Å². The van der Waals surface area contributed by atoms with Crippen LogP contribution in [0.15, 0.2) is 5.16 Å². The first-order valence-electron chi connectivity index (χ1n) is 6.24. The Morgan fingerprint density at radius 2 is 2.05 bits per heavy atom. The zero-order valence-corrected chi connectivity index (χ0v) is 11.7. The van der Waals surface area contributed by atoms with Gasteiger partial charge in [-0.1, -0.05) is 5.16 Å². The second-order valence-corrected chi connectivity index (χ2v) is 5.48. The molecule has 0 aromatic carbocycles. The van der Waals surface area contributed by atoms with Crippen molar-refractivity contribution in [3.63, 3.8) is 0 Å². The molecule has 0 aromatic rings. The van der Waals surface area contributed by atoms with E-state index in [0.717, 1.165) is 0 Å². The smallest absolute Gasteiger partial charge is 0.353 e. The van der Waals surface area contributed by atoms with E-state index in [1.165, 1.54) is 0 Å². The van der Waals surface area contributed by atoms with Gasteiger partial charge in [0.1, 0.15) is 0 Å². The molecule has 1 atom stereocenters. The average molecular weight is 285 g/mol. The molecule has 0 fully saturated rings. The summed E-state index contributed by atoms with van der Waals surface area (Å²) < 4.78 is 0. The minimum atomic E-state index is -1.20. The zero-order chi connectivity index (χ0) is 15.3. The summed E-state index contributed by atoms with van der Waals surface area (Å²) in [5.41, 5.74) is -0.504. The molecule has 1 heterocycles. The highest BCUT2D eigenvalue weighted by molar-refractivity contribution is 6.36. The van der Waals surface area contributed by atoms with Gasteiger partial charge in [0.05, 0.1) is 0 Å². The zero-order valence-electron chi connectivity index (χ0n) is 11.7. The van der Waals surface area contributed by atoms with Crippen LogP contribution in [0.5, 0.6) is 0 Å². The van der Waals surface area contributed by atoms with Gasteiger partial charge in [0.2, 0.25) is 12.0 Å². The third-order valence-corrected chi connectivity index (χ3v) is 2.37. The number of carbonyl (C=O) groups excluding carboxylic acids is 2. The van der Waals surface area contributed by atoms with Crippen LogP contribution in [0.3, 0.4) is 0 Å². The fraction of sp³-hybridized carbons (Fsp3) is 0.667. The van der Waals surface area contributed by atoms with Gasteiger partial charge in [0.25, 0.3) is 5.91 Å². The average Bonchev–Trinajstić information content (AvgIpc) is 2.75. The Bertz CT molecular complexity index is 439. The van der Waals surface area contributed by atoms with E-state index >= 15 is 0 Å². The number of nitrogens with one attached hydrogen (secondary N) is 2. The van der Waals surface area contributed by atoms with Gasteiger partial charge in [-0.25, -0.2) is 4.79 Å². The van der Waals surface area contributed by atoms with Crippen molar-refractivity contribution < 1.29 is 24.3 Å². The molecule has 0 saturated carbocycles. The van der Waals surface area contributed by atoms with Crippen LogP contribution in [-0.2, 0) is 19.2 Å². The van der Waals surface area contributed by atoms with Crippen LogP contribution in [0.2, 0.25) is 0 Å². The molecule has 0 radical (unpaired) electrons. The normalized spacial score (nSPS) is 17.9. The summed E-state index contributed by atoms with van der Waals surface area (Å²) in [7, 11) is 0. The lowest BCUT2D eigenvalue weighted by molar-refractivity contribution is -0.131. The number of aliphatic carboxylic acids is 1. The molecule has 112 valence electrons. The summed E-state index contributed by atoms with van der Waals surface area (Å²) in [5, 5.41) is 17.3. The van der Waals surface area contributed by atoms with Gasteiger partial charge in [0.15, 0.2) is 5.71 Å². The van der Waals surface area contributed by atoms with E-state index in [0.29, 0.717) is 0 Å². The first-order valence-corrected chi connectivity index (χ1v) is 6.24. The van der Waals surface area contributed by atoms with Crippen molar-refractivity contribution in [1.82, 2.24) is 10.6 Å². The molecule has 0 saturated heterocycles. The van der Waals surface area contributed by atoms with Gasteiger partial charge in [-0.3, -0.25) is 9.59 Å². The molecule has 0 aromatic heterocycles. The lowest BCUT2D eigenvalue weighted by Gasteiger charge is -2.20. The van der Waals surface area contributed by atoms with Gasteiger partial charge >= 0.3 is 5.97 Å². The third kappa shape index (κ3) is 5.25. The number of carboxylic acids is 1. The molecule has 0 aliphatic carbocycles. The highest BCUT2D eigenvalue weighted by Crippen LogP contribution is 2.10. The molecule has 2 amide bonds. The van der Waals surface area contributed by atoms with Crippen molar-refractivity contribution in [2.24, 2.45) is 5.16 Å². The molecular formula is C12H19N3O5. The maximum Gasteiger partial charge on any atom is 0.353 e. The van der Waals surface area contributed by atoms with Crippen LogP contribution in [-0.4, -0.2) is 46.8 Å². The number of oxime groups is 1. The van der Waals surface area contributed by atoms with E-state index in [1.54, 1.807) is 0 Å². The maximum absolute atomic E-state index is 11.6. The van der Waals surface area contributed by atoms with Crippen molar-refractivity contribution in [1.29, 1.82) is 0 Å². The fourth-order valence-corrected chi connectivity index (χ4v) is 1.54. The largest absolute Gasteiger partial charge is 0.477 e. The summed E-state index contributed by atoms with van der Waals surface area (Å²) in [5.74, 6) is -1.86. The Balaban J connectivity index is 2.25. The van der Waals surface area contributed by atoms with Crippen molar-refractivity contribution in [3.8, 4) is 0 Å². The van der Waals surface area contributed by atoms with Gasteiger partial charge in [0, 0.05) is 24.9 Å². The van der Waals surface area contributed by atoms with Crippen LogP contribution in [0.4, 0.5) is 0 Å². The second kappa shape index (κ2) is 6.36. The summed E-state index contributed by atoms with van der Waals surface area (Å²) in [4.78, 5) is 38.5. The monoisotopic (exact) mass is 285 g/mol. The number of carboxylic acid groups (broad SMARTS) is 1. The first-order chi connectivity index (χ1) is 9.19. The Morgan fingerprint density at radius 1 is 1.40 bits per heavy atom. The molecule has 1 rings (SSSR count). The number of carbonyl (C=O) groups is 3. The van der Waals surface area contributed by atoms with E-state index < -0.39 is 18.0 Å². The van der Waals surface area contributed by atoms with Crippen LogP contribution in [0.1, 0.15) is 33.6 Å². The predicted molar refractivity (Wildman–Crippen MR) is 70.1 cm³/mol. The standard InChI is InChI=1S/C12H19N3O5/c1-12(2,3)14-9(16)4-5-13-10(17)8-6-7(11(18)19)15-20-8/h8H,4-6H2,1-3H3,(H,13,17)(H,14,16)(H,18,19). The molecule has 8 heteroatoms. The van der Waals surface area contributed by atoms with E-state index in [9.17, 15) is 14.4 Å². The Hall–Kier alpha value is -2.12. The molecule has 1 unspecified atom stereocenters. The summed E-state index contributed by atoms with van der Waals surface area (Å²) >= 11 is 0. The van der Waals surface area contributed by atoms with Gasteiger partial charge in [-0.15, -0.1) is 0 Å². The van der Waals surface area contributed by atoms with E-state index in [-0.39, 0.29) is 36.5 Å². The fourth-order valence-electron chi connectivity index (χ4n) is 1.54. The second-order valence-electron chi connectivity index (χ2n) is 5.48. The van der Waals surface area contributed by atoms with Crippen LogP contribution in [0, 0.1) is 0 Å². The molecule has 20 heavy (non-hydrogen) atoms. The van der Waals surface area contributed by atoms with E-state index in [4.69, 9.17) is 9.94 Å². The predicted octanol–water partition coefficient (Wildman–Crippen LogP) is -0.363. The van der Waals surface area contributed by atoms with Crippen LogP contribution >= 0.6 is 0 Å². The van der Waals surface area contributed by atoms with Crippen molar-refractivity contribution in [3.05, 3.63) is 0 Å². The van der Waals surface area contributed by atoms with Crippen molar-refractivity contribution in [2.75, 3.05) is 6.54 Å². The van der Waals surface area contributed by atoms with Crippen molar-refractivity contribution >= 4 is 23.5 Å². The number of rotatable bonds is 5. The Kier molecular flexibility index (Phi) is 5.06. The molecule has 0 spiro atoms. The highest BCUT2D eigenvalue weighted by atomic mass is 16.6. The van der Waals surface area contributed by atoms with Gasteiger partial charge in [-0.2, -0.15) is 0 Å². The molecule has 1 aliphatic heterocycles. The third-order valence-electron chi connectivity index (χ3n) is 2.37. The lowest BCUT2D eigenvalue weighted by atomic mass is 10.1. The van der Waals surface area contributed by atoms with E-state index in [2.05, 4.69) is 15.8 Å². The van der Waals surface area contributed by atoms with Crippen LogP contribution in [0.25, 0.3) is 0 Å². The Morgan fingerprint density at radius 3 is 2.55 bits per heavy atom. The Labute approximate surface area is 116 Å². The number of nitrogens with zero attached hydrogens (tertiary/aromatic N) is 1. The SMILES string of the molecule is CC(C)(C)NC(=O)CCNC(=O)C1CC(C(=O)O)=NO1. The minimum absolute atomic E-state index is 0.0741. The van der Waals surface area contributed by atoms with Crippen LogP contribution < -0.4 is 10.6 Å². The molecule has 8 nitrogen and oxygen atoms in total. The van der Waals surface area contributed by atoms with Gasteiger partial charge in [-0.05, 0) is 20.8 Å². The number of hydrogen-bond donors (Lipinski definition) is 3. The summed E-state index contributed by atoms with van der Waals surface area (Å²) in [6.45, 7) is 5.74. The lowest BCUT2D eigenvalue weighted by Crippen LogP contribution is -2.43. The summed E-state index contributed by atoms with van der Waals surface area (Å²) in [6.07, 6.45) is -0.871. The highest BCUT2D eigenvalue weighted by Gasteiger charge is 2.31. The molecular weight excluding hydrogens is 266 g/mol. The number of hydrogen-bond acceptors (Lipinski definition) is 5. The summed E-state index contributed by atoms with van der Waals surface area (Å²) in [6, 6.07) is 0.